The van der Waals surface area contributed by atoms with Gasteiger partial charge in [-0.05, 0) is 56.6 Å². The van der Waals surface area contributed by atoms with Gasteiger partial charge < -0.3 is 15.4 Å². The van der Waals surface area contributed by atoms with Crippen molar-refractivity contribution in [2.75, 3.05) is 24.6 Å². The van der Waals surface area contributed by atoms with Crippen LogP contribution in [0.4, 0.5) is 5.69 Å². The van der Waals surface area contributed by atoms with Crippen molar-refractivity contribution in [1.29, 1.82) is 0 Å². The number of anilines is 1. The molecule has 1 aromatic rings. The molecule has 3 rings (SSSR count). The second-order valence-corrected chi connectivity index (χ2v) is 6.44. The number of hydrogen-bond acceptors (Lipinski definition) is 3. The highest BCUT2D eigenvalue weighted by atomic mass is 16.5. The highest BCUT2D eigenvalue weighted by Crippen LogP contribution is 2.31. The normalized spacial score (nSPS) is 24.8. The molecule has 3 nitrogen and oxygen atoms in total. The first kappa shape index (κ1) is 14.9. The van der Waals surface area contributed by atoms with Gasteiger partial charge in [0.1, 0.15) is 0 Å². The highest BCUT2D eigenvalue weighted by molar-refractivity contribution is 5.55. The van der Waals surface area contributed by atoms with Crippen molar-refractivity contribution in [3.63, 3.8) is 0 Å². The van der Waals surface area contributed by atoms with E-state index < -0.39 is 0 Å². The second kappa shape index (κ2) is 7.28. The van der Waals surface area contributed by atoms with Crippen LogP contribution >= 0.6 is 0 Å². The Morgan fingerprint density at radius 3 is 2.67 bits per heavy atom. The lowest BCUT2D eigenvalue weighted by atomic mass is 9.95. The minimum atomic E-state index is 0.0891. The Kier molecular flexibility index (Phi) is 5.15. The van der Waals surface area contributed by atoms with Gasteiger partial charge in [0.2, 0.25) is 0 Å². The maximum Gasteiger partial charge on any atom is 0.0593 e. The number of piperidine rings is 1. The summed E-state index contributed by atoms with van der Waals surface area (Å²) in [6, 6.07) is 8.78. The fourth-order valence-corrected chi connectivity index (χ4v) is 3.63. The molecule has 2 fully saturated rings. The largest absolute Gasteiger partial charge is 0.378 e. The van der Waals surface area contributed by atoms with E-state index in [2.05, 4.69) is 29.2 Å². The Labute approximate surface area is 128 Å². The molecule has 0 bridgehead atoms. The zero-order valence-electron chi connectivity index (χ0n) is 13.0. The third kappa shape index (κ3) is 3.78. The Bertz CT molecular complexity index is 437. The van der Waals surface area contributed by atoms with Gasteiger partial charge in [-0.1, -0.05) is 18.2 Å². The molecule has 2 atom stereocenters. The summed E-state index contributed by atoms with van der Waals surface area (Å²) in [5.74, 6) is 0. The molecule has 116 valence electrons. The van der Waals surface area contributed by atoms with Crippen LogP contribution in [0.25, 0.3) is 0 Å². The maximum atomic E-state index is 6.53. The number of hydrogen-bond donors (Lipinski definition) is 1. The molecule has 0 radical (unpaired) electrons. The molecule has 3 heteroatoms. The van der Waals surface area contributed by atoms with Crippen molar-refractivity contribution >= 4 is 5.69 Å². The highest BCUT2D eigenvalue weighted by Gasteiger charge is 2.22. The van der Waals surface area contributed by atoms with Crippen LogP contribution in [0.15, 0.2) is 24.3 Å². The molecule has 2 unspecified atom stereocenters. The Morgan fingerprint density at radius 1 is 1.10 bits per heavy atom. The lowest BCUT2D eigenvalue weighted by molar-refractivity contribution is 0.00732. The van der Waals surface area contributed by atoms with Gasteiger partial charge in [0.05, 0.1) is 6.10 Å². The van der Waals surface area contributed by atoms with Gasteiger partial charge in [0.25, 0.3) is 0 Å². The molecule has 0 amide bonds. The number of benzene rings is 1. The quantitative estimate of drug-likeness (QED) is 0.919. The average molecular weight is 288 g/mol. The second-order valence-electron chi connectivity index (χ2n) is 6.44. The van der Waals surface area contributed by atoms with E-state index in [-0.39, 0.29) is 6.04 Å². The predicted octanol–water partition coefficient (Wildman–Crippen LogP) is 3.64. The van der Waals surface area contributed by atoms with Gasteiger partial charge >= 0.3 is 0 Å². The van der Waals surface area contributed by atoms with Crippen LogP contribution in [0, 0.1) is 0 Å². The molecule has 0 aliphatic carbocycles. The summed E-state index contributed by atoms with van der Waals surface area (Å²) in [6.07, 6.45) is 8.92. The van der Waals surface area contributed by atoms with Crippen molar-refractivity contribution in [2.24, 2.45) is 5.73 Å². The van der Waals surface area contributed by atoms with E-state index in [0.717, 1.165) is 13.0 Å². The van der Waals surface area contributed by atoms with Crippen molar-refractivity contribution in [1.82, 2.24) is 0 Å². The number of rotatable bonds is 4. The summed E-state index contributed by atoms with van der Waals surface area (Å²) in [5.41, 5.74) is 9.17. The Morgan fingerprint density at radius 2 is 1.90 bits per heavy atom. The molecule has 2 N–H and O–H groups in total. The summed E-state index contributed by atoms with van der Waals surface area (Å²) in [5, 5.41) is 0. The van der Waals surface area contributed by atoms with Crippen LogP contribution in [-0.2, 0) is 4.74 Å². The van der Waals surface area contributed by atoms with E-state index in [9.17, 15) is 0 Å². The molecule has 2 heterocycles. The Hall–Kier alpha value is -1.06. The van der Waals surface area contributed by atoms with Gasteiger partial charge in [0, 0.05) is 31.4 Å². The summed E-state index contributed by atoms with van der Waals surface area (Å²) in [6.45, 7) is 3.25. The van der Waals surface area contributed by atoms with Crippen molar-refractivity contribution in [3.8, 4) is 0 Å². The topological polar surface area (TPSA) is 38.5 Å². The van der Waals surface area contributed by atoms with Crippen LogP contribution in [0.3, 0.4) is 0 Å². The van der Waals surface area contributed by atoms with Crippen LogP contribution in [0.1, 0.15) is 56.6 Å². The first-order chi connectivity index (χ1) is 10.3. The van der Waals surface area contributed by atoms with Gasteiger partial charge in [-0.25, -0.2) is 0 Å². The number of para-hydroxylation sites is 1. The van der Waals surface area contributed by atoms with E-state index in [1.807, 2.05) is 0 Å². The molecule has 2 aliphatic heterocycles. The number of ether oxygens (including phenoxy) is 1. The molecule has 21 heavy (non-hydrogen) atoms. The third-order valence-electron chi connectivity index (χ3n) is 4.82. The maximum absolute atomic E-state index is 6.53. The van der Waals surface area contributed by atoms with Gasteiger partial charge in [-0.2, -0.15) is 0 Å². The van der Waals surface area contributed by atoms with E-state index in [1.54, 1.807) is 0 Å². The lowest BCUT2D eigenvalue weighted by Crippen LogP contribution is -2.32. The van der Waals surface area contributed by atoms with E-state index in [4.69, 9.17) is 10.5 Å². The minimum Gasteiger partial charge on any atom is -0.378 e. The zero-order chi connectivity index (χ0) is 14.5. The summed E-state index contributed by atoms with van der Waals surface area (Å²) in [7, 11) is 0. The fraction of sp³-hybridized carbons (Fsp3) is 0.667. The number of nitrogens with two attached hydrogens (primary N) is 1. The van der Waals surface area contributed by atoms with Gasteiger partial charge in [-0.3, -0.25) is 0 Å². The van der Waals surface area contributed by atoms with Crippen LogP contribution < -0.4 is 10.6 Å². The summed E-state index contributed by atoms with van der Waals surface area (Å²) >= 11 is 0. The van der Waals surface area contributed by atoms with E-state index in [0.29, 0.717) is 6.10 Å². The smallest absolute Gasteiger partial charge is 0.0593 e. The molecule has 0 saturated carbocycles. The van der Waals surface area contributed by atoms with E-state index in [1.165, 1.54) is 62.9 Å². The SMILES string of the molecule is NC(CC1CCCCO1)c1ccccc1N1CCCCC1. The third-order valence-corrected chi connectivity index (χ3v) is 4.82. The van der Waals surface area contributed by atoms with Crippen molar-refractivity contribution in [2.45, 2.75) is 57.1 Å². The molecule has 0 spiro atoms. The summed E-state index contributed by atoms with van der Waals surface area (Å²) in [4.78, 5) is 2.51. The molecular formula is C18H28N2O. The average Bonchev–Trinajstić information content (AvgIpc) is 2.56. The zero-order valence-corrected chi connectivity index (χ0v) is 13.0. The van der Waals surface area contributed by atoms with Gasteiger partial charge in [-0.15, -0.1) is 0 Å². The molecule has 0 aromatic heterocycles. The van der Waals surface area contributed by atoms with E-state index >= 15 is 0 Å². The Balaban J connectivity index is 1.70. The predicted molar refractivity (Wildman–Crippen MR) is 87.6 cm³/mol. The van der Waals surface area contributed by atoms with Crippen LogP contribution in [0.2, 0.25) is 0 Å². The monoisotopic (exact) mass is 288 g/mol. The molecule has 2 saturated heterocycles. The standard InChI is InChI=1S/C18H28N2O/c19-17(14-15-8-4-7-13-21-15)16-9-2-3-10-18(16)20-11-5-1-6-12-20/h2-3,9-10,15,17H,1,4-8,11-14,19H2. The van der Waals surface area contributed by atoms with Crippen molar-refractivity contribution in [3.05, 3.63) is 29.8 Å². The molecule has 2 aliphatic rings. The van der Waals surface area contributed by atoms with Crippen LogP contribution in [-0.4, -0.2) is 25.8 Å². The van der Waals surface area contributed by atoms with Crippen molar-refractivity contribution < 1.29 is 4.74 Å². The lowest BCUT2D eigenvalue weighted by Gasteiger charge is -2.33. The first-order valence-corrected chi connectivity index (χ1v) is 8.55. The van der Waals surface area contributed by atoms with Crippen LogP contribution in [0.5, 0.6) is 0 Å². The first-order valence-electron chi connectivity index (χ1n) is 8.55. The minimum absolute atomic E-state index is 0.0891. The summed E-state index contributed by atoms with van der Waals surface area (Å²) < 4.78 is 5.86. The fourth-order valence-electron chi connectivity index (χ4n) is 3.63. The molecular weight excluding hydrogens is 260 g/mol. The molecule has 1 aromatic carbocycles. The number of nitrogens with zero attached hydrogens (tertiary/aromatic N) is 1. The van der Waals surface area contributed by atoms with Gasteiger partial charge in [0.15, 0.2) is 0 Å².